The first kappa shape index (κ1) is 8.93. The van der Waals surface area contributed by atoms with Crippen molar-refractivity contribution in [3.63, 3.8) is 0 Å². The van der Waals surface area contributed by atoms with Crippen molar-refractivity contribution in [1.29, 1.82) is 0 Å². The van der Waals surface area contributed by atoms with Gasteiger partial charge in [0.1, 0.15) is 12.1 Å². The van der Waals surface area contributed by atoms with Crippen molar-refractivity contribution in [1.82, 2.24) is 9.97 Å². The van der Waals surface area contributed by atoms with Crippen molar-refractivity contribution < 1.29 is 9.53 Å². The maximum Gasteiger partial charge on any atom is 0.313 e. The number of aryl methyl sites for hydroxylation is 1. The zero-order chi connectivity index (χ0) is 10.1. The molecular formula is C9H11N3O2. The zero-order valence-corrected chi connectivity index (χ0v) is 7.86. The Morgan fingerprint density at radius 1 is 1.64 bits per heavy atom. The number of nitrogens with two attached hydrogens (primary N) is 1. The largest absolute Gasteiger partial charge is 0.469 e. The topological polar surface area (TPSA) is 78.1 Å². The van der Waals surface area contributed by atoms with E-state index in [9.17, 15) is 4.79 Å². The monoisotopic (exact) mass is 193 g/mol. The van der Waals surface area contributed by atoms with E-state index in [0.717, 1.165) is 17.7 Å². The van der Waals surface area contributed by atoms with Gasteiger partial charge in [0, 0.05) is 11.3 Å². The molecule has 0 fully saturated rings. The molecule has 0 aromatic carbocycles. The van der Waals surface area contributed by atoms with Crippen molar-refractivity contribution in [2.75, 3.05) is 12.8 Å². The third kappa shape index (κ3) is 1.21. The quantitative estimate of drug-likeness (QED) is 0.647. The lowest BCUT2D eigenvalue weighted by molar-refractivity contribution is -0.142. The Bertz CT molecular complexity index is 378. The van der Waals surface area contributed by atoms with Gasteiger partial charge in [-0.05, 0) is 12.8 Å². The highest BCUT2D eigenvalue weighted by molar-refractivity contribution is 5.81. The predicted molar refractivity (Wildman–Crippen MR) is 49.5 cm³/mol. The molecule has 0 bridgehead atoms. The molecule has 1 aromatic heterocycles. The van der Waals surface area contributed by atoms with Crippen LogP contribution in [0.2, 0.25) is 0 Å². The zero-order valence-electron chi connectivity index (χ0n) is 7.86. The number of fused-ring (bicyclic) bond motifs is 1. The molecule has 1 unspecified atom stereocenters. The molecule has 1 heterocycles. The molecule has 5 heteroatoms. The second-order valence-corrected chi connectivity index (χ2v) is 3.23. The van der Waals surface area contributed by atoms with E-state index < -0.39 is 0 Å². The highest BCUT2D eigenvalue weighted by Crippen LogP contribution is 2.35. The summed E-state index contributed by atoms with van der Waals surface area (Å²) in [7, 11) is 1.38. The SMILES string of the molecule is COC(=O)C1CCc2ncnc(N)c21. The third-order valence-electron chi connectivity index (χ3n) is 2.50. The second-order valence-electron chi connectivity index (χ2n) is 3.23. The van der Waals surface area contributed by atoms with Crippen LogP contribution in [0.25, 0.3) is 0 Å². The Balaban J connectivity index is 2.43. The number of esters is 1. The average molecular weight is 193 g/mol. The fraction of sp³-hybridized carbons (Fsp3) is 0.444. The minimum absolute atomic E-state index is 0.259. The van der Waals surface area contributed by atoms with Crippen molar-refractivity contribution in [2.24, 2.45) is 0 Å². The van der Waals surface area contributed by atoms with Crippen molar-refractivity contribution in [2.45, 2.75) is 18.8 Å². The summed E-state index contributed by atoms with van der Waals surface area (Å²) >= 11 is 0. The van der Waals surface area contributed by atoms with Gasteiger partial charge in [0.05, 0.1) is 13.0 Å². The van der Waals surface area contributed by atoms with E-state index in [1.807, 2.05) is 0 Å². The van der Waals surface area contributed by atoms with Gasteiger partial charge >= 0.3 is 5.97 Å². The Morgan fingerprint density at radius 2 is 2.43 bits per heavy atom. The molecule has 0 amide bonds. The maximum atomic E-state index is 11.4. The summed E-state index contributed by atoms with van der Waals surface area (Å²) in [6.45, 7) is 0. The van der Waals surface area contributed by atoms with Gasteiger partial charge in [-0.2, -0.15) is 0 Å². The van der Waals surface area contributed by atoms with Crippen LogP contribution in [-0.2, 0) is 16.0 Å². The normalized spacial score (nSPS) is 19.1. The number of carbonyl (C=O) groups excluding carboxylic acids is 1. The summed E-state index contributed by atoms with van der Waals surface area (Å²) < 4.78 is 4.70. The Morgan fingerprint density at radius 3 is 3.14 bits per heavy atom. The summed E-state index contributed by atoms with van der Waals surface area (Å²) in [5, 5.41) is 0. The summed E-state index contributed by atoms with van der Waals surface area (Å²) in [6.07, 6.45) is 2.90. The molecule has 2 N–H and O–H groups in total. The molecule has 1 aromatic rings. The Hall–Kier alpha value is -1.65. The van der Waals surface area contributed by atoms with Crippen LogP contribution in [0.1, 0.15) is 23.6 Å². The summed E-state index contributed by atoms with van der Waals surface area (Å²) in [5.41, 5.74) is 7.31. The first-order chi connectivity index (χ1) is 6.74. The maximum absolute atomic E-state index is 11.4. The molecule has 0 spiro atoms. The minimum atomic E-state index is -0.281. The fourth-order valence-electron chi connectivity index (χ4n) is 1.83. The van der Waals surface area contributed by atoms with Gasteiger partial charge in [0.25, 0.3) is 0 Å². The lowest BCUT2D eigenvalue weighted by Crippen LogP contribution is -2.13. The Labute approximate surface area is 81.3 Å². The average Bonchev–Trinajstić information content (AvgIpc) is 2.62. The number of nitrogen functional groups attached to an aromatic ring is 1. The molecule has 1 aliphatic carbocycles. The number of carbonyl (C=O) groups is 1. The van der Waals surface area contributed by atoms with E-state index in [2.05, 4.69) is 9.97 Å². The molecule has 0 saturated heterocycles. The number of anilines is 1. The second kappa shape index (κ2) is 3.25. The van der Waals surface area contributed by atoms with Crippen LogP contribution in [0, 0.1) is 0 Å². The molecule has 2 rings (SSSR count). The van der Waals surface area contributed by atoms with E-state index in [4.69, 9.17) is 10.5 Å². The number of aromatic nitrogens is 2. The molecule has 14 heavy (non-hydrogen) atoms. The number of ether oxygens (including phenoxy) is 1. The van der Waals surface area contributed by atoms with Gasteiger partial charge in [-0.15, -0.1) is 0 Å². The van der Waals surface area contributed by atoms with Crippen molar-refractivity contribution in [3.05, 3.63) is 17.6 Å². The minimum Gasteiger partial charge on any atom is -0.469 e. The van der Waals surface area contributed by atoms with E-state index in [1.54, 1.807) is 0 Å². The standard InChI is InChI=1S/C9H11N3O2/c1-14-9(13)5-2-3-6-7(5)8(10)12-4-11-6/h4-5H,2-3H2,1H3,(H2,10,11,12). The first-order valence-electron chi connectivity index (χ1n) is 4.41. The van der Waals surface area contributed by atoms with Crippen LogP contribution in [0.3, 0.4) is 0 Å². The van der Waals surface area contributed by atoms with Gasteiger partial charge in [0.2, 0.25) is 0 Å². The van der Waals surface area contributed by atoms with Crippen LogP contribution in [-0.4, -0.2) is 23.0 Å². The smallest absolute Gasteiger partial charge is 0.313 e. The molecule has 0 radical (unpaired) electrons. The van der Waals surface area contributed by atoms with Gasteiger partial charge < -0.3 is 10.5 Å². The van der Waals surface area contributed by atoms with Gasteiger partial charge in [0.15, 0.2) is 0 Å². The number of nitrogens with zero attached hydrogens (tertiary/aromatic N) is 2. The highest BCUT2D eigenvalue weighted by Gasteiger charge is 2.32. The fourth-order valence-corrected chi connectivity index (χ4v) is 1.83. The van der Waals surface area contributed by atoms with E-state index >= 15 is 0 Å². The number of rotatable bonds is 1. The molecule has 1 aliphatic rings. The van der Waals surface area contributed by atoms with E-state index in [0.29, 0.717) is 12.2 Å². The van der Waals surface area contributed by atoms with Crippen molar-refractivity contribution >= 4 is 11.8 Å². The third-order valence-corrected chi connectivity index (χ3v) is 2.50. The molecule has 74 valence electrons. The van der Waals surface area contributed by atoms with Gasteiger partial charge in [-0.25, -0.2) is 9.97 Å². The lowest BCUT2D eigenvalue weighted by atomic mass is 10.0. The predicted octanol–water partition coefficient (Wildman–Crippen LogP) is 0.262. The molecular weight excluding hydrogens is 182 g/mol. The number of hydrogen-bond acceptors (Lipinski definition) is 5. The number of hydrogen-bond donors (Lipinski definition) is 1. The van der Waals surface area contributed by atoms with E-state index in [-0.39, 0.29) is 11.9 Å². The highest BCUT2D eigenvalue weighted by atomic mass is 16.5. The van der Waals surface area contributed by atoms with Crippen molar-refractivity contribution in [3.8, 4) is 0 Å². The van der Waals surface area contributed by atoms with Crippen LogP contribution in [0.5, 0.6) is 0 Å². The van der Waals surface area contributed by atoms with Gasteiger partial charge in [-0.3, -0.25) is 4.79 Å². The molecule has 1 atom stereocenters. The molecule has 5 nitrogen and oxygen atoms in total. The first-order valence-corrected chi connectivity index (χ1v) is 4.41. The van der Waals surface area contributed by atoms with Crippen LogP contribution in [0.4, 0.5) is 5.82 Å². The van der Waals surface area contributed by atoms with Gasteiger partial charge in [-0.1, -0.05) is 0 Å². The molecule has 0 aliphatic heterocycles. The molecule has 0 saturated carbocycles. The number of methoxy groups -OCH3 is 1. The van der Waals surface area contributed by atoms with Crippen LogP contribution >= 0.6 is 0 Å². The van der Waals surface area contributed by atoms with Crippen LogP contribution in [0.15, 0.2) is 6.33 Å². The summed E-state index contributed by atoms with van der Waals surface area (Å²) in [5.74, 6) is -0.149. The lowest BCUT2D eigenvalue weighted by Gasteiger charge is -2.09. The Kier molecular flexibility index (Phi) is 2.07. The summed E-state index contributed by atoms with van der Waals surface area (Å²) in [6, 6.07) is 0. The van der Waals surface area contributed by atoms with Crippen LogP contribution < -0.4 is 5.73 Å². The van der Waals surface area contributed by atoms with E-state index in [1.165, 1.54) is 13.4 Å². The summed E-state index contributed by atoms with van der Waals surface area (Å²) in [4.78, 5) is 19.4.